The largest absolute Gasteiger partial charge is 0.756 e. The van der Waals surface area contributed by atoms with Gasteiger partial charge in [-0.3, -0.25) is 4.57 Å². The molecule has 26 heavy (non-hydrogen) atoms. The summed E-state index contributed by atoms with van der Waals surface area (Å²) in [6, 6.07) is 3.24. The highest BCUT2D eigenvalue weighted by Crippen LogP contribution is 2.37. The fourth-order valence-corrected chi connectivity index (χ4v) is 2.38. The second-order valence-electron chi connectivity index (χ2n) is 6.33. The molecule has 1 aromatic rings. The zero-order chi connectivity index (χ0) is 20.0. The van der Waals surface area contributed by atoms with Crippen LogP contribution in [0.1, 0.15) is 20.7 Å². The van der Waals surface area contributed by atoms with Gasteiger partial charge in [0, 0.05) is 0 Å². The number of hydrogen-bond acceptors (Lipinski definition) is 7. The van der Waals surface area contributed by atoms with Gasteiger partial charge in [-0.1, -0.05) is 0 Å². The molecule has 0 aliphatic rings. The van der Waals surface area contributed by atoms with E-state index in [-0.39, 0.29) is 36.7 Å². The number of aromatic carboxylic acids is 2. The number of nitrogens with zero attached hydrogens (tertiary/aromatic N) is 1. The number of quaternary nitrogens is 1. The molecule has 0 aliphatic carbocycles. The molecule has 0 heterocycles. The third-order valence-corrected chi connectivity index (χ3v) is 4.01. The second-order valence-corrected chi connectivity index (χ2v) is 7.74. The normalized spacial score (nSPS) is 13.8. The van der Waals surface area contributed by atoms with Crippen molar-refractivity contribution in [1.29, 1.82) is 0 Å². The number of ether oxygens (including phenoxy) is 1. The number of carboxylic acids is 2. The molecule has 1 unspecified atom stereocenters. The van der Waals surface area contributed by atoms with Crippen LogP contribution >= 0.6 is 7.82 Å². The summed E-state index contributed by atoms with van der Waals surface area (Å²) in [5, 5.41) is 17.9. The lowest BCUT2D eigenvalue weighted by Gasteiger charge is -2.27. The molecule has 0 fully saturated rings. The van der Waals surface area contributed by atoms with Crippen molar-refractivity contribution in [3.05, 3.63) is 29.3 Å². The van der Waals surface area contributed by atoms with E-state index < -0.39 is 19.8 Å². The van der Waals surface area contributed by atoms with Gasteiger partial charge >= 0.3 is 11.9 Å². The van der Waals surface area contributed by atoms with Crippen LogP contribution in [-0.2, 0) is 13.6 Å². The van der Waals surface area contributed by atoms with Gasteiger partial charge in [0.1, 0.15) is 25.5 Å². The summed E-state index contributed by atoms with van der Waals surface area (Å²) in [4.78, 5) is 33.6. The summed E-state index contributed by atoms with van der Waals surface area (Å²) < 4.78 is 26.6. The molecule has 0 amide bonds. The number of carbonyl (C=O) groups is 2. The molecule has 0 bridgehead atoms. The molecule has 0 radical (unpaired) electrons. The predicted molar refractivity (Wildman–Crippen MR) is 88.3 cm³/mol. The molecule has 1 atom stereocenters. The minimum Gasteiger partial charge on any atom is -0.756 e. The number of rotatable bonds is 11. The van der Waals surface area contributed by atoms with Crippen molar-refractivity contribution in [2.24, 2.45) is 0 Å². The van der Waals surface area contributed by atoms with Crippen LogP contribution in [0.25, 0.3) is 0 Å². The van der Waals surface area contributed by atoms with E-state index in [0.717, 1.165) is 18.2 Å². The Morgan fingerprint density at radius 1 is 1.00 bits per heavy atom. The average molecular weight is 391 g/mol. The first kappa shape index (κ1) is 22.1. The Labute approximate surface area is 150 Å². The van der Waals surface area contributed by atoms with Crippen molar-refractivity contribution >= 4 is 19.8 Å². The van der Waals surface area contributed by atoms with Crippen molar-refractivity contribution in [2.45, 2.75) is 0 Å². The van der Waals surface area contributed by atoms with Crippen LogP contribution in [-0.4, -0.2) is 74.1 Å². The van der Waals surface area contributed by atoms with Crippen molar-refractivity contribution in [2.75, 3.05) is 47.5 Å². The maximum Gasteiger partial charge on any atom is 0.335 e. The maximum atomic E-state index is 11.6. The van der Waals surface area contributed by atoms with Crippen molar-refractivity contribution in [3.63, 3.8) is 0 Å². The Balaban J connectivity index is 2.53. The maximum absolute atomic E-state index is 11.6. The van der Waals surface area contributed by atoms with Crippen molar-refractivity contribution in [1.82, 2.24) is 0 Å². The van der Waals surface area contributed by atoms with Gasteiger partial charge in [-0.2, -0.15) is 0 Å². The Kier molecular flexibility index (Phi) is 7.73. The van der Waals surface area contributed by atoms with E-state index in [1.54, 1.807) is 0 Å². The monoisotopic (exact) mass is 391 g/mol. The number of hydrogen-bond donors (Lipinski definition) is 2. The van der Waals surface area contributed by atoms with E-state index in [0.29, 0.717) is 11.0 Å². The van der Waals surface area contributed by atoms with Gasteiger partial charge in [0.15, 0.2) is 0 Å². The molecular formula is C15H22NO9P. The van der Waals surface area contributed by atoms with Crippen LogP contribution in [0.15, 0.2) is 18.2 Å². The molecular weight excluding hydrogens is 369 g/mol. The van der Waals surface area contributed by atoms with E-state index in [1.165, 1.54) is 0 Å². The number of benzene rings is 1. The van der Waals surface area contributed by atoms with E-state index in [2.05, 4.69) is 4.52 Å². The summed E-state index contributed by atoms with van der Waals surface area (Å²) >= 11 is 0. The Morgan fingerprint density at radius 2 is 1.50 bits per heavy atom. The van der Waals surface area contributed by atoms with E-state index in [9.17, 15) is 19.0 Å². The standard InChI is InChI=1S/C15H22NO9P/c1-16(2,3)4-5-24-26(21,22)25-7-6-23-13-9-11(14(17)18)8-12(10-13)15(19)20/h8-10H,4-7H2,1-3H3,(H2-,17,18,19,20,21,22). The minimum atomic E-state index is -4.48. The quantitative estimate of drug-likeness (QED) is 0.316. The number of likely N-dealkylation sites (N-methyl/N-ethyl adjacent to an activating group) is 1. The van der Waals surface area contributed by atoms with Gasteiger partial charge < -0.3 is 33.4 Å². The summed E-state index contributed by atoms with van der Waals surface area (Å²) in [6.07, 6.45) is 0. The molecule has 11 heteroatoms. The number of carboxylic acid groups (broad SMARTS) is 2. The molecule has 2 N–H and O–H groups in total. The van der Waals surface area contributed by atoms with Crippen LogP contribution in [0.5, 0.6) is 5.75 Å². The summed E-state index contributed by atoms with van der Waals surface area (Å²) in [6.45, 7) is -0.183. The molecule has 0 aromatic heterocycles. The minimum absolute atomic E-state index is 0.0300. The molecule has 10 nitrogen and oxygen atoms in total. The second kappa shape index (κ2) is 9.11. The van der Waals surface area contributed by atoms with Gasteiger partial charge in [0.05, 0.1) is 38.9 Å². The lowest BCUT2D eigenvalue weighted by Crippen LogP contribution is -2.37. The summed E-state index contributed by atoms with van der Waals surface area (Å²) in [5.41, 5.74) is -0.530. The smallest absolute Gasteiger partial charge is 0.335 e. The van der Waals surface area contributed by atoms with E-state index in [1.807, 2.05) is 21.1 Å². The molecule has 0 aliphatic heterocycles. The SMILES string of the molecule is C[N+](C)(C)CCOP(=O)([O-])OCCOc1cc(C(=O)O)cc(C(=O)O)c1. The van der Waals surface area contributed by atoms with Gasteiger partial charge in [-0.05, 0) is 18.2 Å². The first-order chi connectivity index (χ1) is 11.9. The lowest BCUT2D eigenvalue weighted by molar-refractivity contribution is -0.870. The van der Waals surface area contributed by atoms with Crippen LogP contribution in [0.3, 0.4) is 0 Å². The van der Waals surface area contributed by atoms with Gasteiger partial charge in [0.25, 0.3) is 7.82 Å². The zero-order valence-corrected chi connectivity index (χ0v) is 15.6. The average Bonchev–Trinajstić information content (AvgIpc) is 2.49. The van der Waals surface area contributed by atoms with Crippen molar-refractivity contribution in [3.8, 4) is 5.75 Å². The Hall–Kier alpha value is -1.97. The lowest BCUT2D eigenvalue weighted by atomic mass is 10.1. The van der Waals surface area contributed by atoms with Crippen LogP contribution in [0.2, 0.25) is 0 Å². The van der Waals surface area contributed by atoms with Gasteiger partial charge in [-0.25, -0.2) is 9.59 Å². The first-order valence-corrected chi connectivity index (χ1v) is 9.01. The topological polar surface area (TPSA) is 142 Å². The highest BCUT2D eigenvalue weighted by atomic mass is 31.2. The summed E-state index contributed by atoms with van der Waals surface area (Å²) in [5.74, 6) is -2.66. The molecule has 1 aromatic carbocycles. The highest BCUT2D eigenvalue weighted by molar-refractivity contribution is 7.45. The molecule has 0 spiro atoms. The van der Waals surface area contributed by atoms with Gasteiger partial charge in [-0.15, -0.1) is 0 Å². The van der Waals surface area contributed by atoms with E-state index in [4.69, 9.17) is 19.5 Å². The first-order valence-electron chi connectivity index (χ1n) is 7.55. The number of phosphoric acid groups is 1. The van der Waals surface area contributed by atoms with Crippen LogP contribution in [0, 0.1) is 0 Å². The van der Waals surface area contributed by atoms with Crippen LogP contribution < -0.4 is 9.63 Å². The summed E-state index contributed by atoms with van der Waals surface area (Å²) in [7, 11) is 1.16. The Morgan fingerprint density at radius 3 is 1.96 bits per heavy atom. The molecule has 0 saturated heterocycles. The number of phosphoric ester groups is 1. The zero-order valence-electron chi connectivity index (χ0n) is 14.7. The van der Waals surface area contributed by atoms with Gasteiger partial charge in [0.2, 0.25) is 0 Å². The fraction of sp³-hybridized carbons (Fsp3) is 0.467. The predicted octanol–water partition coefficient (Wildman–Crippen LogP) is 0.670. The molecule has 0 saturated carbocycles. The van der Waals surface area contributed by atoms with E-state index >= 15 is 0 Å². The highest BCUT2D eigenvalue weighted by Gasteiger charge is 2.14. The fourth-order valence-electron chi connectivity index (χ4n) is 1.70. The Bertz CT molecular complexity index is 667. The van der Waals surface area contributed by atoms with Crippen LogP contribution in [0.4, 0.5) is 0 Å². The van der Waals surface area contributed by atoms with Crippen molar-refractivity contribution < 1.29 is 47.5 Å². The third-order valence-electron chi connectivity index (χ3n) is 3.01. The molecule has 1 rings (SSSR count). The third kappa shape index (κ3) is 8.41. The molecule has 146 valence electrons.